The summed E-state index contributed by atoms with van der Waals surface area (Å²) < 4.78 is 18.0. The highest BCUT2D eigenvalue weighted by molar-refractivity contribution is 8.00. The van der Waals surface area contributed by atoms with Crippen molar-refractivity contribution in [3.63, 3.8) is 0 Å². The van der Waals surface area contributed by atoms with Crippen molar-refractivity contribution in [2.24, 2.45) is 11.8 Å². The summed E-state index contributed by atoms with van der Waals surface area (Å²) in [5.41, 5.74) is -0.697. The van der Waals surface area contributed by atoms with Gasteiger partial charge in [0, 0.05) is 44.0 Å². The van der Waals surface area contributed by atoms with Crippen LogP contribution < -0.4 is 10.2 Å². The van der Waals surface area contributed by atoms with Crippen LogP contribution in [0.25, 0.3) is 0 Å². The largest absolute Gasteiger partial charge is 0.457 e. The number of epoxide rings is 1. The standard InChI is InChI=1S/C40H58ClN3O10S/c1-22(2)55-24(4)13-14-33(47)43(8)26(6)37(49)53-32-18-34(48)44(9)30-17-27(16-28(20-45)35(30)41)15-23(3)11-10-12-29(21-46)40(51)19-31(52-38(50)42-40)25(5)36-39(32,7)54-36/h10-12,16-17,22,24-26,29,31-32,36,45-46,51H,13-15,18-21H2,1-9H3,(H,42,50)/b12-10+,23-11+/t24?,25-,26+,29?,31+,32+,36+,39+,40+/m1/s1. The fourth-order valence-electron chi connectivity index (χ4n) is 7.34. The topological polar surface area (TPSA) is 178 Å². The summed E-state index contributed by atoms with van der Waals surface area (Å²) in [5, 5.41) is 35.6. The summed E-state index contributed by atoms with van der Waals surface area (Å²) in [7, 11) is 3.10. The molecule has 15 heteroatoms. The lowest BCUT2D eigenvalue weighted by molar-refractivity contribution is -0.162. The number of fused-ring (bicyclic) bond motifs is 5. The number of ether oxygens (including phenoxy) is 3. The molecule has 1 aromatic rings. The van der Waals surface area contributed by atoms with Gasteiger partial charge in [0.05, 0.1) is 36.4 Å². The Morgan fingerprint density at radius 1 is 1.20 bits per heavy atom. The van der Waals surface area contributed by atoms with Crippen LogP contribution in [0.3, 0.4) is 0 Å². The number of allylic oxidation sites excluding steroid dienone is 3. The third kappa shape index (κ3) is 10.6. The number of hydrogen-bond acceptors (Lipinski definition) is 11. The average molecular weight is 808 g/mol. The Balaban J connectivity index is 1.70. The van der Waals surface area contributed by atoms with Crippen molar-refractivity contribution in [3.05, 3.63) is 52.1 Å². The minimum Gasteiger partial charge on any atom is -0.457 e. The molecule has 0 spiro atoms. The quantitative estimate of drug-likeness (QED) is 0.187. The molecule has 4 rings (SSSR count). The lowest BCUT2D eigenvalue weighted by Gasteiger charge is -2.42. The maximum Gasteiger partial charge on any atom is 0.409 e. The maximum absolute atomic E-state index is 14.2. The highest BCUT2D eigenvalue weighted by Crippen LogP contribution is 2.49. The van der Waals surface area contributed by atoms with Gasteiger partial charge in [-0.15, -0.1) is 0 Å². The summed E-state index contributed by atoms with van der Waals surface area (Å²) in [6.45, 7) is 12.4. The van der Waals surface area contributed by atoms with Crippen LogP contribution in [0.15, 0.2) is 35.9 Å². The third-order valence-corrected chi connectivity index (χ3v) is 12.7. The van der Waals surface area contributed by atoms with Gasteiger partial charge in [-0.1, -0.05) is 69.2 Å². The Hall–Kier alpha value is -3.14. The van der Waals surface area contributed by atoms with Gasteiger partial charge in [0.2, 0.25) is 11.8 Å². The number of hydrogen-bond donors (Lipinski definition) is 4. The molecule has 4 bridgehead atoms. The number of rotatable bonds is 10. The van der Waals surface area contributed by atoms with Gasteiger partial charge in [-0.2, -0.15) is 11.8 Å². The van der Waals surface area contributed by atoms with Gasteiger partial charge in [-0.25, -0.2) is 9.59 Å². The van der Waals surface area contributed by atoms with Gasteiger partial charge < -0.3 is 39.3 Å². The SMILES string of the molecule is C/C1=C\C=C\C(CO)[C@@]2(O)C[C@H](OC(=O)N2)[C@@H](C)[C@@H]2O[C@@]2(C)[C@@H](OC(=O)[C@H](C)N(C)C(=O)CCC(C)SC(C)C)CC(=O)N(C)c2cc(cc(CO)c2Cl)C1. The lowest BCUT2D eigenvalue weighted by Crippen LogP contribution is -2.62. The van der Waals surface area contributed by atoms with E-state index in [0.717, 1.165) is 11.1 Å². The highest BCUT2D eigenvalue weighted by Gasteiger charge is 2.64. The number of alkyl carbamates (subject to hydrolysis) is 1. The highest BCUT2D eigenvalue weighted by atomic mass is 35.5. The number of amides is 3. The van der Waals surface area contributed by atoms with E-state index in [1.165, 1.54) is 9.80 Å². The number of carbonyl (C=O) groups is 4. The van der Waals surface area contributed by atoms with E-state index in [4.69, 9.17) is 25.8 Å². The molecule has 0 radical (unpaired) electrons. The summed E-state index contributed by atoms with van der Waals surface area (Å²) in [6, 6.07) is 2.53. The second-order valence-electron chi connectivity index (χ2n) is 15.7. The number of nitrogens with one attached hydrogen (secondary N) is 1. The first kappa shape index (κ1) is 44.6. The molecule has 3 heterocycles. The van der Waals surface area contributed by atoms with Crippen LogP contribution in [0.2, 0.25) is 5.02 Å². The molecule has 3 aliphatic rings. The van der Waals surface area contributed by atoms with Gasteiger partial charge in [0.15, 0.2) is 5.72 Å². The molecule has 9 atom stereocenters. The molecule has 3 aliphatic heterocycles. The smallest absolute Gasteiger partial charge is 0.409 e. The van der Waals surface area contributed by atoms with Crippen molar-refractivity contribution >= 4 is 52.9 Å². The number of carbonyl (C=O) groups excluding carboxylic acids is 4. The van der Waals surface area contributed by atoms with Crippen molar-refractivity contribution in [2.75, 3.05) is 25.6 Å². The number of nitrogens with zero attached hydrogens (tertiary/aromatic N) is 2. The van der Waals surface area contributed by atoms with Crippen LogP contribution in [-0.4, -0.2) is 111 Å². The van der Waals surface area contributed by atoms with Crippen molar-refractivity contribution in [1.82, 2.24) is 10.2 Å². The van der Waals surface area contributed by atoms with Gasteiger partial charge in [0.25, 0.3) is 0 Å². The number of likely N-dealkylation sites (N-methyl/N-ethyl adjacent to an activating group) is 1. The second-order valence-corrected chi connectivity index (χ2v) is 18.1. The van der Waals surface area contributed by atoms with E-state index >= 15 is 0 Å². The zero-order chi connectivity index (χ0) is 41.0. The van der Waals surface area contributed by atoms with Crippen LogP contribution in [0.1, 0.15) is 85.3 Å². The Bertz CT molecular complexity index is 1660. The second kappa shape index (κ2) is 18.4. The number of esters is 1. The first-order valence-corrected chi connectivity index (χ1v) is 20.2. The maximum atomic E-state index is 14.2. The Kier molecular flexibility index (Phi) is 14.9. The monoisotopic (exact) mass is 807 g/mol. The van der Waals surface area contributed by atoms with Crippen molar-refractivity contribution in [3.8, 4) is 0 Å². The number of aliphatic hydroxyl groups excluding tert-OH is 2. The Morgan fingerprint density at radius 3 is 2.53 bits per heavy atom. The molecular weight excluding hydrogens is 750 g/mol. The summed E-state index contributed by atoms with van der Waals surface area (Å²) in [5.74, 6) is -2.86. The Morgan fingerprint density at radius 2 is 1.89 bits per heavy atom. The van der Waals surface area contributed by atoms with Crippen molar-refractivity contribution < 1.29 is 48.7 Å². The first-order chi connectivity index (χ1) is 25.7. The number of benzene rings is 1. The summed E-state index contributed by atoms with van der Waals surface area (Å²) in [4.78, 5) is 56.7. The molecule has 4 N–H and O–H groups in total. The molecule has 0 saturated carbocycles. The predicted octanol–water partition coefficient (Wildman–Crippen LogP) is 4.90. The molecule has 55 heavy (non-hydrogen) atoms. The van der Waals surface area contributed by atoms with Gasteiger partial charge in [0.1, 0.15) is 23.9 Å². The van der Waals surface area contributed by atoms with Gasteiger partial charge in [-0.05, 0) is 56.1 Å². The minimum absolute atomic E-state index is 0.0905. The molecule has 0 aromatic heterocycles. The van der Waals surface area contributed by atoms with Crippen molar-refractivity contribution in [1.29, 1.82) is 0 Å². The van der Waals surface area contributed by atoms with E-state index < -0.39 is 72.1 Å². The minimum atomic E-state index is -1.86. The van der Waals surface area contributed by atoms with Crippen LogP contribution >= 0.6 is 23.4 Å². The molecule has 0 aliphatic carbocycles. The van der Waals surface area contributed by atoms with Crippen LogP contribution in [-0.2, 0) is 41.6 Å². The Labute approximate surface area is 333 Å². The van der Waals surface area contributed by atoms with E-state index in [2.05, 4.69) is 26.1 Å². The zero-order valence-electron chi connectivity index (χ0n) is 33.3. The molecule has 13 nitrogen and oxygen atoms in total. The van der Waals surface area contributed by atoms with E-state index in [1.54, 1.807) is 70.9 Å². The lowest BCUT2D eigenvalue weighted by atomic mass is 9.81. The predicted molar refractivity (Wildman–Crippen MR) is 212 cm³/mol. The van der Waals surface area contributed by atoms with Crippen molar-refractivity contribution in [2.45, 2.75) is 133 Å². The fourth-order valence-corrected chi connectivity index (χ4v) is 8.82. The van der Waals surface area contributed by atoms with Crippen LogP contribution in [0.4, 0.5) is 10.5 Å². The normalized spacial score (nSPS) is 31.3. The zero-order valence-corrected chi connectivity index (χ0v) is 34.9. The van der Waals surface area contributed by atoms with Gasteiger partial charge in [-0.3, -0.25) is 14.9 Å². The molecule has 2 unspecified atom stereocenters. The van der Waals surface area contributed by atoms with E-state index in [0.29, 0.717) is 29.3 Å². The van der Waals surface area contributed by atoms with E-state index in [1.807, 2.05) is 13.0 Å². The molecule has 1 aromatic carbocycles. The first-order valence-electron chi connectivity index (χ1n) is 18.9. The summed E-state index contributed by atoms with van der Waals surface area (Å²) >= 11 is 8.51. The van der Waals surface area contributed by atoms with Crippen LogP contribution in [0, 0.1) is 11.8 Å². The number of halogens is 1. The molecule has 3 amide bonds. The number of thioether (sulfide) groups is 1. The number of aliphatic hydroxyl groups is 3. The number of anilines is 1. The summed E-state index contributed by atoms with van der Waals surface area (Å²) in [6.07, 6.45) is 2.40. The molecular formula is C40H58ClN3O10S. The molecule has 2 fully saturated rings. The fraction of sp³-hybridized carbons (Fsp3) is 0.650. The average Bonchev–Trinajstić information content (AvgIpc) is 3.82. The van der Waals surface area contributed by atoms with E-state index in [-0.39, 0.29) is 42.0 Å². The van der Waals surface area contributed by atoms with Crippen LogP contribution in [0.5, 0.6) is 0 Å². The van der Waals surface area contributed by atoms with Gasteiger partial charge >= 0.3 is 12.1 Å². The molecule has 2 saturated heterocycles. The van der Waals surface area contributed by atoms with E-state index in [9.17, 15) is 34.5 Å². The molecule has 306 valence electrons. The third-order valence-electron chi connectivity index (χ3n) is 11.0.